The van der Waals surface area contributed by atoms with Crippen molar-refractivity contribution >= 4 is 10.9 Å². The highest BCUT2D eigenvalue weighted by Crippen LogP contribution is 2.28. The van der Waals surface area contributed by atoms with Crippen molar-refractivity contribution in [3.63, 3.8) is 0 Å². The van der Waals surface area contributed by atoms with Crippen LogP contribution >= 0.6 is 0 Å². The third kappa shape index (κ3) is 4.14. The first-order chi connectivity index (χ1) is 13.8. The Balaban J connectivity index is 1.74. The second-order valence-electron chi connectivity index (χ2n) is 7.30. The van der Waals surface area contributed by atoms with Gasteiger partial charge in [0.25, 0.3) is 0 Å². The van der Waals surface area contributed by atoms with Crippen molar-refractivity contribution in [1.29, 1.82) is 0 Å². The van der Waals surface area contributed by atoms with E-state index in [1.165, 1.54) is 0 Å². The third-order valence-electron chi connectivity index (χ3n) is 4.69. The normalized spacial score (nSPS) is 13.0. The van der Waals surface area contributed by atoms with E-state index in [0.29, 0.717) is 11.4 Å². The van der Waals surface area contributed by atoms with E-state index < -0.39 is 18.4 Å². The summed E-state index contributed by atoms with van der Waals surface area (Å²) in [4.78, 5) is 9.07. The summed E-state index contributed by atoms with van der Waals surface area (Å²) in [6, 6.07) is 16.1. The summed E-state index contributed by atoms with van der Waals surface area (Å²) < 4.78 is 28.4. The van der Waals surface area contributed by atoms with Crippen LogP contribution in [-0.2, 0) is 0 Å². The van der Waals surface area contributed by atoms with E-state index in [9.17, 15) is 8.78 Å². The number of fused-ring (bicyclic) bond motifs is 1. The Morgan fingerprint density at radius 3 is 2.62 bits per heavy atom. The lowest BCUT2D eigenvalue weighted by molar-refractivity contribution is 0.00581. The van der Waals surface area contributed by atoms with Gasteiger partial charge < -0.3 is 5.73 Å². The molecule has 0 aliphatic rings. The molecule has 3 aromatic heterocycles. The van der Waals surface area contributed by atoms with E-state index in [-0.39, 0.29) is 0 Å². The summed E-state index contributed by atoms with van der Waals surface area (Å²) in [5.41, 5.74) is 9.70. The van der Waals surface area contributed by atoms with Crippen LogP contribution in [0.25, 0.3) is 28.0 Å². The van der Waals surface area contributed by atoms with Crippen molar-refractivity contribution in [3.8, 4) is 17.1 Å². The molecule has 0 saturated heterocycles. The van der Waals surface area contributed by atoms with Crippen LogP contribution in [0.5, 0.6) is 0 Å². The molecule has 148 valence electrons. The van der Waals surface area contributed by atoms with Crippen molar-refractivity contribution < 1.29 is 8.78 Å². The molecule has 1 aromatic carbocycles. The molecular formula is C22H21F2N5. The maximum atomic E-state index is 13.3. The molecule has 0 bridgehead atoms. The molecule has 0 amide bonds. The smallest absolute Gasteiger partial charge is 0.247 e. The van der Waals surface area contributed by atoms with Gasteiger partial charge in [0.05, 0.1) is 29.1 Å². The number of halogens is 2. The molecule has 0 radical (unpaired) electrons. The number of hydrogen-bond donors (Lipinski definition) is 1. The van der Waals surface area contributed by atoms with Gasteiger partial charge in [-0.3, -0.25) is 4.98 Å². The lowest BCUT2D eigenvalue weighted by Crippen LogP contribution is -2.22. The first kappa shape index (κ1) is 19.1. The lowest BCUT2D eigenvalue weighted by atomic mass is 10.0. The monoisotopic (exact) mass is 393 g/mol. The summed E-state index contributed by atoms with van der Waals surface area (Å²) in [5, 5.41) is 5.43. The van der Waals surface area contributed by atoms with E-state index in [4.69, 9.17) is 5.73 Å². The minimum absolute atomic E-state index is 0.443. The summed E-state index contributed by atoms with van der Waals surface area (Å²) in [6.07, 6.45) is 1.33. The molecule has 1 atom stereocenters. The molecule has 4 aromatic rings. The minimum Gasteiger partial charge on any atom is -0.322 e. The fraction of sp³-hybridized carbons (Fsp3) is 0.227. The van der Waals surface area contributed by atoms with Gasteiger partial charge >= 0.3 is 0 Å². The van der Waals surface area contributed by atoms with E-state index in [1.807, 2.05) is 49.4 Å². The molecule has 0 aliphatic carbocycles. The van der Waals surface area contributed by atoms with Crippen LogP contribution in [-0.4, -0.2) is 25.7 Å². The predicted molar refractivity (Wildman–Crippen MR) is 109 cm³/mol. The van der Waals surface area contributed by atoms with Gasteiger partial charge in [-0.15, -0.1) is 0 Å². The van der Waals surface area contributed by atoms with Crippen molar-refractivity contribution in [1.82, 2.24) is 19.7 Å². The molecule has 2 N–H and O–H groups in total. The van der Waals surface area contributed by atoms with E-state index in [2.05, 4.69) is 15.1 Å². The largest absolute Gasteiger partial charge is 0.322 e. The maximum absolute atomic E-state index is 13.3. The van der Waals surface area contributed by atoms with Crippen LogP contribution < -0.4 is 5.73 Å². The van der Waals surface area contributed by atoms with Crippen LogP contribution in [0.15, 0.2) is 60.8 Å². The SMILES string of the molecule is Cc1cccc(-n2ncc3ccc(-c4cccc(C(N)CC(C)(F)F)n4)cc32)n1. The molecule has 29 heavy (non-hydrogen) atoms. The number of aryl methyl sites for hydroxylation is 1. The van der Waals surface area contributed by atoms with Gasteiger partial charge in [-0.1, -0.05) is 24.3 Å². The fourth-order valence-electron chi connectivity index (χ4n) is 3.32. The standard InChI is InChI=1S/C22H21F2N5/c1-14-5-3-8-21(27-14)29-20-11-15(9-10-16(20)13-26-29)18-6-4-7-19(28-18)17(25)12-22(2,23)24/h3-11,13,17H,12,25H2,1-2H3. The number of benzene rings is 1. The second kappa shape index (κ2) is 7.33. The molecule has 1 unspecified atom stereocenters. The highest BCUT2D eigenvalue weighted by atomic mass is 19.3. The van der Waals surface area contributed by atoms with Crippen molar-refractivity contribution in [2.75, 3.05) is 0 Å². The third-order valence-corrected chi connectivity index (χ3v) is 4.69. The van der Waals surface area contributed by atoms with Crippen LogP contribution in [0.1, 0.15) is 30.8 Å². The Hall–Kier alpha value is -3.19. The Bertz CT molecular complexity index is 1160. The molecule has 7 heteroatoms. The number of alkyl halides is 2. The van der Waals surface area contributed by atoms with Crippen LogP contribution in [0.2, 0.25) is 0 Å². The second-order valence-corrected chi connectivity index (χ2v) is 7.30. The van der Waals surface area contributed by atoms with Gasteiger partial charge in [0.2, 0.25) is 5.92 Å². The first-order valence-electron chi connectivity index (χ1n) is 9.33. The average Bonchev–Trinajstić information content (AvgIpc) is 3.10. The minimum atomic E-state index is -2.84. The number of aromatic nitrogens is 4. The Morgan fingerprint density at radius 2 is 1.86 bits per heavy atom. The zero-order chi connectivity index (χ0) is 20.6. The molecule has 0 aliphatic heterocycles. The fourth-order valence-corrected chi connectivity index (χ4v) is 3.32. The Labute approximate surface area is 167 Å². The number of hydrogen-bond acceptors (Lipinski definition) is 4. The summed E-state index contributed by atoms with van der Waals surface area (Å²) in [7, 11) is 0. The molecule has 5 nitrogen and oxygen atoms in total. The lowest BCUT2D eigenvalue weighted by Gasteiger charge is -2.17. The molecule has 4 rings (SSSR count). The van der Waals surface area contributed by atoms with Gasteiger partial charge in [0.15, 0.2) is 5.82 Å². The molecule has 0 spiro atoms. The summed E-state index contributed by atoms with van der Waals surface area (Å²) in [6.45, 7) is 2.80. The van der Waals surface area contributed by atoms with E-state index in [0.717, 1.165) is 34.9 Å². The highest BCUT2D eigenvalue weighted by molar-refractivity contribution is 5.84. The maximum Gasteiger partial charge on any atom is 0.247 e. The Kier molecular flexibility index (Phi) is 4.84. The van der Waals surface area contributed by atoms with Crippen LogP contribution in [0.3, 0.4) is 0 Å². The highest BCUT2D eigenvalue weighted by Gasteiger charge is 2.26. The van der Waals surface area contributed by atoms with Gasteiger partial charge in [-0.2, -0.15) is 5.10 Å². The number of pyridine rings is 2. The molecule has 0 fully saturated rings. The Morgan fingerprint density at radius 1 is 1.07 bits per heavy atom. The van der Waals surface area contributed by atoms with Crippen molar-refractivity contribution in [2.45, 2.75) is 32.2 Å². The zero-order valence-electron chi connectivity index (χ0n) is 16.2. The number of rotatable bonds is 5. The van der Waals surface area contributed by atoms with Gasteiger partial charge in [0, 0.05) is 23.1 Å². The average molecular weight is 393 g/mol. The first-order valence-corrected chi connectivity index (χ1v) is 9.33. The predicted octanol–water partition coefficient (Wildman–Crippen LogP) is 4.84. The topological polar surface area (TPSA) is 69.6 Å². The summed E-state index contributed by atoms with van der Waals surface area (Å²) >= 11 is 0. The quantitative estimate of drug-likeness (QED) is 0.527. The molecule has 3 heterocycles. The van der Waals surface area contributed by atoms with Crippen LogP contribution in [0, 0.1) is 6.92 Å². The summed E-state index contributed by atoms with van der Waals surface area (Å²) in [5.74, 6) is -2.12. The zero-order valence-corrected chi connectivity index (χ0v) is 16.2. The van der Waals surface area contributed by atoms with E-state index in [1.54, 1.807) is 23.0 Å². The van der Waals surface area contributed by atoms with E-state index >= 15 is 0 Å². The van der Waals surface area contributed by atoms with Gasteiger partial charge in [-0.25, -0.2) is 18.4 Å². The number of nitrogens with two attached hydrogens (primary N) is 1. The van der Waals surface area contributed by atoms with Gasteiger partial charge in [-0.05, 0) is 44.2 Å². The molecular weight excluding hydrogens is 372 g/mol. The van der Waals surface area contributed by atoms with Crippen molar-refractivity contribution in [2.24, 2.45) is 5.73 Å². The number of nitrogens with zero attached hydrogens (tertiary/aromatic N) is 4. The molecule has 0 saturated carbocycles. The van der Waals surface area contributed by atoms with Crippen molar-refractivity contribution in [3.05, 3.63) is 72.2 Å². The van der Waals surface area contributed by atoms with Gasteiger partial charge in [0.1, 0.15) is 0 Å². The van der Waals surface area contributed by atoms with Crippen LogP contribution in [0.4, 0.5) is 8.78 Å².